The maximum atomic E-state index is 11.6. The second kappa shape index (κ2) is 8.54. The Morgan fingerprint density at radius 2 is 1.79 bits per heavy atom. The maximum absolute atomic E-state index is 11.6. The Bertz CT molecular complexity index is 177. The Hall–Kier alpha value is -1.05. The second-order valence-electron chi connectivity index (χ2n) is 3.33. The standard InChI is InChI=1S/C12H21NO/c1-4-7-8-9-12(14)13(10-5-2)11-6-3/h5-6H,2-4,7-11H2,1H3. The summed E-state index contributed by atoms with van der Waals surface area (Å²) in [6, 6.07) is 0. The summed E-state index contributed by atoms with van der Waals surface area (Å²) in [5.74, 6) is 0.207. The van der Waals surface area contributed by atoms with E-state index < -0.39 is 0 Å². The zero-order valence-electron chi connectivity index (χ0n) is 9.17. The van der Waals surface area contributed by atoms with E-state index in [0.29, 0.717) is 19.5 Å². The summed E-state index contributed by atoms with van der Waals surface area (Å²) in [4.78, 5) is 13.4. The zero-order valence-corrected chi connectivity index (χ0v) is 9.17. The molecule has 0 aliphatic heterocycles. The van der Waals surface area contributed by atoms with Gasteiger partial charge in [-0.05, 0) is 6.42 Å². The van der Waals surface area contributed by atoms with Gasteiger partial charge in [0.25, 0.3) is 0 Å². The van der Waals surface area contributed by atoms with Crippen LogP contribution in [0, 0.1) is 0 Å². The van der Waals surface area contributed by atoms with Gasteiger partial charge in [0, 0.05) is 19.5 Å². The van der Waals surface area contributed by atoms with Gasteiger partial charge in [-0.15, -0.1) is 13.2 Å². The van der Waals surface area contributed by atoms with Crippen LogP contribution >= 0.6 is 0 Å². The molecule has 80 valence electrons. The van der Waals surface area contributed by atoms with E-state index in [-0.39, 0.29) is 5.91 Å². The average Bonchev–Trinajstić information content (AvgIpc) is 2.18. The van der Waals surface area contributed by atoms with Crippen LogP contribution in [0.15, 0.2) is 25.3 Å². The Kier molecular flexibility index (Phi) is 7.90. The first-order chi connectivity index (χ1) is 6.76. The highest BCUT2D eigenvalue weighted by Gasteiger charge is 2.08. The van der Waals surface area contributed by atoms with Crippen LogP contribution < -0.4 is 0 Å². The molecule has 0 radical (unpaired) electrons. The second-order valence-corrected chi connectivity index (χ2v) is 3.33. The first kappa shape index (κ1) is 12.9. The molecule has 0 N–H and O–H groups in total. The highest BCUT2D eigenvalue weighted by atomic mass is 16.2. The number of hydrogen-bond donors (Lipinski definition) is 0. The number of rotatable bonds is 8. The van der Waals surface area contributed by atoms with Crippen LogP contribution in [0.5, 0.6) is 0 Å². The molecular weight excluding hydrogens is 174 g/mol. The van der Waals surface area contributed by atoms with Crippen molar-refractivity contribution in [2.24, 2.45) is 0 Å². The zero-order chi connectivity index (χ0) is 10.8. The minimum absolute atomic E-state index is 0.207. The van der Waals surface area contributed by atoms with E-state index in [1.807, 2.05) is 0 Å². The number of hydrogen-bond acceptors (Lipinski definition) is 1. The minimum Gasteiger partial charge on any atom is -0.335 e. The summed E-state index contributed by atoms with van der Waals surface area (Å²) in [6.45, 7) is 10.6. The van der Waals surface area contributed by atoms with E-state index in [4.69, 9.17) is 0 Å². The molecule has 0 aromatic heterocycles. The van der Waals surface area contributed by atoms with Crippen LogP contribution in [0.1, 0.15) is 32.6 Å². The summed E-state index contributed by atoms with van der Waals surface area (Å²) in [5.41, 5.74) is 0. The first-order valence-corrected chi connectivity index (χ1v) is 5.25. The van der Waals surface area contributed by atoms with Crippen molar-refractivity contribution in [3.05, 3.63) is 25.3 Å². The summed E-state index contributed by atoms with van der Waals surface area (Å²) < 4.78 is 0. The Morgan fingerprint density at radius 3 is 2.21 bits per heavy atom. The molecule has 0 saturated carbocycles. The summed E-state index contributed by atoms with van der Waals surface area (Å²) in [6.07, 6.45) is 7.41. The molecule has 0 heterocycles. The van der Waals surface area contributed by atoms with Crippen molar-refractivity contribution < 1.29 is 4.79 Å². The number of nitrogens with zero attached hydrogens (tertiary/aromatic N) is 1. The lowest BCUT2D eigenvalue weighted by Crippen LogP contribution is -2.30. The van der Waals surface area contributed by atoms with Gasteiger partial charge in [-0.1, -0.05) is 31.9 Å². The van der Waals surface area contributed by atoms with E-state index in [1.165, 1.54) is 0 Å². The molecule has 0 atom stereocenters. The summed E-state index contributed by atoms with van der Waals surface area (Å²) in [5, 5.41) is 0. The third-order valence-corrected chi connectivity index (χ3v) is 2.05. The molecule has 0 fully saturated rings. The monoisotopic (exact) mass is 195 g/mol. The van der Waals surface area contributed by atoms with Crippen molar-refractivity contribution in [1.29, 1.82) is 0 Å². The molecule has 0 aromatic carbocycles. The lowest BCUT2D eigenvalue weighted by atomic mass is 10.2. The van der Waals surface area contributed by atoms with E-state index in [2.05, 4.69) is 20.1 Å². The molecule has 2 nitrogen and oxygen atoms in total. The van der Waals surface area contributed by atoms with Crippen LogP contribution in [0.25, 0.3) is 0 Å². The van der Waals surface area contributed by atoms with Gasteiger partial charge in [0.2, 0.25) is 5.91 Å². The summed E-state index contributed by atoms with van der Waals surface area (Å²) in [7, 11) is 0. The van der Waals surface area contributed by atoms with Gasteiger partial charge >= 0.3 is 0 Å². The normalized spacial score (nSPS) is 9.50. The minimum atomic E-state index is 0.207. The molecule has 0 unspecified atom stereocenters. The predicted octanol–water partition coefficient (Wildman–Crippen LogP) is 2.77. The van der Waals surface area contributed by atoms with Crippen LogP contribution in [0.2, 0.25) is 0 Å². The van der Waals surface area contributed by atoms with Gasteiger partial charge in [-0.3, -0.25) is 4.79 Å². The van der Waals surface area contributed by atoms with E-state index in [1.54, 1.807) is 17.1 Å². The first-order valence-electron chi connectivity index (χ1n) is 5.25. The molecule has 0 rings (SSSR count). The fraction of sp³-hybridized carbons (Fsp3) is 0.583. The van der Waals surface area contributed by atoms with E-state index >= 15 is 0 Å². The molecule has 0 saturated heterocycles. The number of carbonyl (C=O) groups is 1. The van der Waals surface area contributed by atoms with Gasteiger partial charge in [0.05, 0.1) is 0 Å². The average molecular weight is 195 g/mol. The fourth-order valence-corrected chi connectivity index (χ4v) is 1.27. The number of carbonyl (C=O) groups excluding carboxylic acids is 1. The Morgan fingerprint density at radius 1 is 1.21 bits per heavy atom. The molecule has 1 amide bonds. The molecule has 0 bridgehead atoms. The van der Waals surface area contributed by atoms with Crippen molar-refractivity contribution in [2.45, 2.75) is 32.6 Å². The Balaban J connectivity index is 3.87. The third-order valence-electron chi connectivity index (χ3n) is 2.05. The highest BCUT2D eigenvalue weighted by molar-refractivity contribution is 5.76. The largest absolute Gasteiger partial charge is 0.335 e. The van der Waals surface area contributed by atoms with Crippen LogP contribution in [0.3, 0.4) is 0 Å². The van der Waals surface area contributed by atoms with Crippen LogP contribution in [-0.4, -0.2) is 23.9 Å². The van der Waals surface area contributed by atoms with Crippen molar-refractivity contribution in [2.75, 3.05) is 13.1 Å². The van der Waals surface area contributed by atoms with Gasteiger partial charge in [0.15, 0.2) is 0 Å². The van der Waals surface area contributed by atoms with Crippen LogP contribution in [-0.2, 0) is 4.79 Å². The number of unbranched alkanes of at least 4 members (excludes halogenated alkanes) is 2. The van der Waals surface area contributed by atoms with E-state index in [9.17, 15) is 4.79 Å². The molecule has 0 aliphatic rings. The van der Waals surface area contributed by atoms with Gasteiger partial charge < -0.3 is 4.90 Å². The maximum Gasteiger partial charge on any atom is 0.223 e. The molecule has 0 aromatic rings. The van der Waals surface area contributed by atoms with Gasteiger partial charge in [-0.2, -0.15) is 0 Å². The molecule has 14 heavy (non-hydrogen) atoms. The quantitative estimate of drug-likeness (QED) is 0.431. The van der Waals surface area contributed by atoms with Crippen molar-refractivity contribution >= 4 is 5.91 Å². The van der Waals surface area contributed by atoms with Crippen LogP contribution in [0.4, 0.5) is 0 Å². The number of amides is 1. The molecular formula is C12H21NO. The van der Waals surface area contributed by atoms with Crippen molar-refractivity contribution in [1.82, 2.24) is 4.90 Å². The van der Waals surface area contributed by atoms with Gasteiger partial charge in [-0.25, -0.2) is 0 Å². The molecule has 0 aliphatic carbocycles. The smallest absolute Gasteiger partial charge is 0.223 e. The van der Waals surface area contributed by atoms with Gasteiger partial charge in [0.1, 0.15) is 0 Å². The summed E-state index contributed by atoms with van der Waals surface area (Å²) >= 11 is 0. The van der Waals surface area contributed by atoms with E-state index in [0.717, 1.165) is 19.3 Å². The Labute approximate surface area is 87.3 Å². The lowest BCUT2D eigenvalue weighted by Gasteiger charge is -2.18. The predicted molar refractivity (Wildman–Crippen MR) is 61.1 cm³/mol. The lowest BCUT2D eigenvalue weighted by molar-refractivity contribution is -0.130. The topological polar surface area (TPSA) is 20.3 Å². The third kappa shape index (κ3) is 5.57. The fourth-order valence-electron chi connectivity index (χ4n) is 1.27. The molecule has 2 heteroatoms. The van der Waals surface area contributed by atoms with Crippen molar-refractivity contribution in [3.63, 3.8) is 0 Å². The highest BCUT2D eigenvalue weighted by Crippen LogP contribution is 2.03. The SMILES string of the molecule is C=CCN(CC=C)C(=O)CCCCC. The molecule has 0 spiro atoms. The van der Waals surface area contributed by atoms with Crippen molar-refractivity contribution in [3.8, 4) is 0 Å².